The largest absolute Gasteiger partial charge is 0.325 e. The van der Waals surface area contributed by atoms with Crippen LogP contribution in [0.3, 0.4) is 0 Å². The molecule has 0 spiro atoms. The standard InChI is InChI=1S/C23H29ClN4O2/c1-16-6-4-7-17(2)22(16)26-21(29)15-27-10-12-28(13-11-27)18(3)23(30)25-20-9-5-8-19(24)14-20/h4-9,14,18H,10-13,15H2,1-3H3,(H,25,30)(H,26,29)/t18-/m0/s1. The second kappa shape index (κ2) is 10.1. The van der Waals surface area contributed by atoms with E-state index in [0.29, 0.717) is 17.3 Å². The molecule has 30 heavy (non-hydrogen) atoms. The van der Waals surface area contributed by atoms with Gasteiger partial charge in [0.15, 0.2) is 0 Å². The highest BCUT2D eigenvalue weighted by Crippen LogP contribution is 2.19. The second-order valence-corrected chi connectivity index (χ2v) is 8.24. The first-order valence-corrected chi connectivity index (χ1v) is 10.6. The van der Waals surface area contributed by atoms with Gasteiger partial charge in [-0.3, -0.25) is 19.4 Å². The van der Waals surface area contributed by atoms with E-state index in [1.165, 1.54) is 0 Å². The molecule has 0 aromatic heterocycles. The van der Waals surface area contributed by atoms with Gasteiger partial charge in [0.25, 0.3) is 0 Å². The fourth-order valence-corrected chi connectivity index (χ4v) is 3.87. The van der Waals surface area contributed by atoms with E-state index >= 15 is 0 Å². The molecule has 160 valence electrons. The average Bonchev–Trinajstić information content (AvgIpc) is 2.71. The molecule has 7 heteroatoms. The van der Waals surface area contributed by atoms with Crippen LogP contribution in [0.15, 0.2) is 42.5 Å². The van der Waals surface area contributed by atoms with Crippen LogP contribution >= 0.6 is 11.6 Å². The molecule has 2 aromatic carbocycles. The van der Waals surface area contributed by atoms with Crippen molar-refractivity contribution in [2.24, 2.45) is 0 Å². The third kappa shape index (κ3) is 5.81. The third-order valence-electron chi connectivity index (χ3n) is 5.54. The van der Waals surface area contributed by atoms with Gasteiger partial charge in [0.05, 0.1) is 12.6 Å². The van der Waals surface area contributed by atoms with Gasteiger partial charge in [-0.15, -0.1) is 0 Å². The molecule has 6 nitrogen and oxygen atoms in total. The van der Waals surface area contributed by atoms with Crippen LogP contribution in [0, 0.1) is 13.8 Å². The van der Waals surface area contributed by atoms with Crippen LogP contribution in [-0.4, -0.2) is 60.4 Å². The Morgan fingerprint density at radius 3 is 2.27 bits per heavy atom. The molecule has 1 aliphatic rings. The van der Waals surface area contributed by atoms with Crippen LogP contribution in [0.25, 0.3) is 0 Å². The number of piperazine rings is 1. The Labute approximate surface area is 183 Å². The van der Waals surface area contributed by atoms with Crippen LogP contribution in [-0.2, 0) is 9.59 Å². The number of benzene rings is 2. The number of hydrogen-bond donors (Lipinski definition) is 2. The summed E-state index contributed by atoms with van der Waals surface area (Å²) in [4.78, 5) is 29.3. The number of amides is 2. The zero-order chi connectivity index (χ0) is 21.7. The second-order valence-electron chi connectivity index (χ2n) is 7.80. The molecule has 1 atom stereocenters. The first kappa shape index (κ1) is 22.3. The molecule has 0 aliphatic carbocycles. The molecular weight excluding hydrogens is 400 g/mol. The zero-order valence-corrected chi connectivity index (χ0v) is 18.5. The lowest BCUT2D eigenvalue weighted by molar-refractivity contribution is -0.122. The molecule has 1 fully saturated rings. The molecule has 0 radical (unpaired) electrons. The lowest BCUT2D eigenvalue weighted by atomic mass is 10.1. The number of para-hydroxylation sites is 1. The topological polar surface area (TPSA) is 64.7 Å². The van der Waals surface area contributed by atoms with E-state index in [1.807, 2.05) is 51.1 Å². The summed E-state index contributed by atoms with van der Waals surface area (Å²) in [5.74, 6) is -0.0638. The van der Waals surface area contributed by atoms with Gasteiger partial charge in [0.2, 0.25) is 11.8 Å². The minimum absolute atomic E-state index is 0.00685. The number of anilines is 2. The Bertz CT molecular complexity index is 890. The van der Waals surface area contributed by atoms with Crippen LogP contribution in [0.2, 0.25) is 5.02 Å². The Morgan fingerprint density at radius 1 is 1.00 bits per heavy atom. The normalized spacial score (nSPS) is 16.1. The van der Waals surface area contributed by atoms with Crippen molar-refractivity contribution in [1.82, 2.24) is 9.80 Å². The predicted octanol–water partition coefficient (Wildman–Crippen LogP) is 3.54. The number of aryl methyl sites for hydroxylation is 2. The highest BCUT2D eigenvalue weighted by molar-refractivity contribution is 6.30. The summed E-state index contributed by atoms with van der Waals surface area (Å²) in [5.41, 5.74) is 3.72. The van der Waals surface area contributed by atoms with Gasteiger partial charge in [0.1, 0.15) is 0 Å². The first-order valence-electron chi connectivity index (χ1n) is 10.2. The van der Waals surface area contributed by atoms with Crippen molar-refractivity contribution in [3.8, 4) is 0 Å². The number of hydrogen-bond acceptors (Lipinski definition) is 4. The Morgan fingerprint density at radius 2 is 1.63 bits per heavy atom. The number of halogens is 1. The van der Waals surface area contributed by atoms with Crippen molar-refractivity contribution in [3.63, 3.8) is 0 Å². The van der Waals surface area contributed by atoms with Crippen LogP contribution < -0.4 is 10.6 Å². The van der Waals surface area contributed by atoms with Crippen LogP contribution in [0.1, 0.15) is 18.1 Å². The molecule has 0 unspecified atom stereocenters. The number of rotatable bonds is 6. The molecule has 1 heterocycles. The van der Waals surface area contributed by atoms with Crippen molar-refractivity contribution >= 4 is 34.8 Å². The molecule has 1 aliphatic heterocycles. The van der Waals surface area contributed by atoms with E-state index in [9.17, 15) is 9.59 Å². The SMILES string of the molecule is Cc1cccc(C)c1NC(=O)CN1CCN([C@@H](C)C(=O)Nc2cccc(Cl)c2)CC1. The number of nitrogens with one attached hydrogen (secondary N) is 2. The lowest BCUT2D eigenvalue weighted by Gasteiger charge is -2.37. The Kier molecular flexibility index (Phi) is 7.48. The Balaban J connectivity index is 1.47. The summed E-state index contributed by atoms with van der Waals surface area (Å²) < 4.78 is 0. The summed E-state index contributed by atoms with van der Waals surface area (Å²) in [6.07, 6.45) is 0. The van der Waals surface area contributed by atoms with Gasteiger partial charge >= 0.3 is 0 Å². The number of carbonyl (C=O) groups excluding carboxylic acids is 2. The fourth-order valence-electron chi connectivity index (χ4n) is 3.68. The lowest BCUT2D eigenvalue weighted by Crippen LogP contribution is -2.53. The summed E-state index contributed by atoms with van der Waals surface area (Å²) >= 11 is 5.98. The van der Waals surface area contributed by atoms with Gasteiger partial charge in [0, 0.05) is 42.6 Å². The zero-order valence-electron chi connectivity index (χ0n) is 17.7. The molecule has 2 N–H and O–H groups in total. The maximum absolute atomic E-state index is 12.6. The van der Waals surface area contributed by atoms with Gasteiger partial charge in [-0.25, -0.2) is 0 Å². The van der Waals surface area contributed by atoms with E-state index in [-0.39, 0.29) is 17.9 Å². The van der Waals surface area contributed by atoms with E-state index in [0.717, 1.165) is 43.0 Å². The number of carbonyl (C=O) groups is 2. The monoisotopic (exact) mass is 428 g/mol. The van der Waals surface area contributed by atoms with Crippen molar-refractivity contribution in [2.45, 2.75) is 26.8 Å². The van der Waals surface area contributed by atoms with Crippen LogP contribution in [0.4, 0.5) is 11.4 Å². The van der Waals surface area contributed by atoms with Gasteiger partial charge in [-0.1, -0.05) is 35.9 Å². The average molecular weight is 429 g/mol. The summed E-state index contributed by atoms with van der Waals surface area (Å²) in [6, 6.07) is 12.9. The molecule has 1 saturated heterocycles. The molecule has 0 saturated carbocycles. The summed E-state index contributed by atoms with van der Waals surface area (Å²) in [7, 11) is 0. The van der Waals surface area contributed by atoms with Crippen LogP contribution in [0.5, 0.6) is 0 Å². The summed E-state index contributed by atoms with van der Waals surface area (Å²) in [5, 5.41) is 6.55. The fraction of sp³-hybridized carbons (Fsp3) is 0.391. The molecular formula is C23H29ClN4O2. The van der Waals surface area contributed by atoms with E-state index in [1.54, 1.807) is 12.1 Å². The number of nitrogens with zero attached hydrogens (tertiary/aromatic N) is 2. The Hall–Kier alpha value is -2.41. The smallest absolute Gasteiger partial charge is 0.241 e. The minimum Gasteiger partial charge on any atom is -0.325 e. The van der Waals surface area contributed by atoms with Gasteiger partial charge < -0.3 is 10.6 Å². The predicted molar refractivity (Wildman–Crippen MR) is 122 cm³/mol. The quantitative estimate of drug-likeness (QED) is 0.738. The highest BCUT2D eigenvalue weighted by Gasteiger charge is 2.26. The maximum atomic E-state index is 12.6. The van der Waals surface area contributed by atoms with E-state index < -0.39 is 0 Å². The molecule has 3 rings (SSSR count). The van der Waals surface area contributed by atoms with Gasteiger partial charge in [-0.2, -0.15) is 0 Å². The molecule has 2 aromatic rings. The van der Waals surface area contributed by atoms with E-state index in [2.05, 4.69) is 20.4 Å². The van der Waals surface area contributed by atoms with Crippen molar-refractivity contribution in [1.29, 1.82) is 0 Å². The van der Waals surface area contributed by atoms with Crippen molar-refractivity contribution in [3.05, 3.63) is 58.6 Å². The highest BCUT2D eigenvalue weighted by atomic mass is 35.5. The van der Waals surface area contributed by atoms with Gasteiger partial charge in [-0.05, 0) is 50.1 Å². The van der Waals surface area contributed by atoms with E-state index in [4.69, 9.17) is 11.6 Å². The molecule has 0 bridgehead atoms. The summed E-state index contributed by atoms with van der Waals surface area (Å²) in [6.45, 7) is 9.22. The van der Waals surface area contributed by atoms with Crippen molar-refractivity contribution < 1.29 is 9.59 Å². The molecule has 2 amide bonds. The minimum atomic E-state index is -0.255. The van der Waals surface area contributed by atoms with Crippen molar-refractivity contribution in [2.75, 3.05) is 43.4 Å². The third-order valence-corrected chi connectivity index (χ3v) is 5.77. The maximum Gasteiger partial charge on any atom is 0.241 e. The first-order chi connectivity index (χ1) is 14.3.